The number of aryl methyl sites for hydroxylation is 1. The summed E-state index contributed by atoms with van der Waals surface area (Å²) in [5.41, 5.74) is 1.95. The maximum atomic E-state index is 12.3. The maximum Gasteiger partial charge on any atom is 0.323 e. The fourth-order valence-electron chi connectivity index (χ4n) is 1.95. The van der Waals surface area contributed by atoms with E-state index in [9.17, 15) is 9.59 Å². The van der Waals surface area contributed by atoms with E-state index < -0.39 is 18.1 Å². The highest BCUT2D eigenvalue weighted by atomic mass is 35.5. The minimum atomic E-state index is -1.11. The van der Waals surface area contributed by atoms with E-state index in [0.717, 1.165) is 15.7 Å². The molecule has 6 nitrogen and oxygen atoms in total. The lowest BCUT2D eigenvalue weighted by Crippen LogP contribution is -2.29. The van der Waals surface area contributed by atoms with Gasteiger partial charge >= 0.3 is 5.97 Å². The first-order valence-corrected chi connectivity index (χ1v) is 7.04. The van der Waals surface area contributed by atoms with Gasteiger partial charge in [0.15, 0.2) is 11.0 Å². The summed E-state index contributed by atoms with van der Waals surface area (Å²) in [6, 6.07) is 7.81. The Morgan fingerprint density at radius 3 is 2.55 bits per heavy atom. The van der Waals surface area contributed by atoms with Gasteiger partial charge in [0.2, 0.25) is 0 Å². The van der Waals surface area contributed by atoms with Crippen LogP contribution in [0.2, 0.25) is 5.15 Å². The number of nitrogens with zero attached hydrogens (tertiary/aromatic N) is 2. The predicted molar refractivity (Wildman–Crippen MR) is 84.4 cm³/mol. The molecule has 1 heterocycles. The highest BCUT2D eigenvalue weighted by Crippen LogP contribution is 2.13. The molecule has 0 saturated heterocycles. The number of hydrogen-bond acceptors (Lipinski definition) is 4. The summed E-state index contributed by atoms with van der Waals surface area (Å²) in [6.07, 6.45) is 0. The number of rotatable bonds is 5. The molecule has 0 amide bonds. The quantitative estimate of drug-likeness (QED) is 0.882. The van der Waals surface area contributed by atoms with Gasteiger partial charge in [-0.3, -0.25) is 14.2 Å². The van der Waals surface area contributed by atoms with Gasteiger partial charge in [0, 0.05) is 6.54 Å². The van der Waals surface area contributed by atoms with Crippen LogP contribution in [0.3, 0.4) is 0 Å². The second kappa shape index (κ2) is 6.62. The monoisotopic (exact) mass is 321 g/mol. The molecular weight excluding hydrogens is 306 g/mol. The summed E-state index contributed by atoms with van der Waals surface area (Å²) < 4.78 is 1.09. The number of halogens is 1. The van der Waals surface area contributed by atoms with Crippen LogP contribution in [0.15, 0.2) is 29.1 Å². The topological polar surface area (TPSA) is 84.2 Å². The molecule has 0 fully saturated rings. The van der Waals surface area contributed by atoms with Gasteiger partial charge < -0.3 is 10.4 Å². The molecule has 2 aromatic rings. The van der Waals surface area contributed by atoms with Crippen LogP contribution in [0.25, 0.3) is 0 Å². The summed E-state index contributed by atoms with van der Waals surface area (Å²) in [4.78, 5) is 27.1. The van der Waals surface area contributed by atoms with Crippen molar-refractivity contribution in [3.05, 3.63) is 56.6 Å². The van der Waals surface area contributed by atoms with E-state index in [1.54, 1.807) is 6.92 Å². The fourth-order valence-corrected chi connectivity index (χ4v) is 2.14. The van der Waals surface area contributed by atoms with E-state index in [1.165, 1.54) is 0 Å². The van der Waals surface area contributed by atoms with Gasteiger partial charge in [-0.15, -0.1) is 0 Å². The standard InChI is InChI=1S/C15H16ClN3O3/c1-9-3-5-11(6-4-9)7-17-14-15(22)19(8-12(20)21)10(2)13(16)18-14/h3-6H,7-8H2,1-2H3,(H,17,18)(H,20,21). The second-order valence-electron chi connectivity index (χ2n) is 4.96. The Labute approximate surface area is 132 Å². The Bertz CT molecular complexity index is 754. The summed E-state index contributed by atoms with van der Waals surface area (Å²) >= 11 is 5.97. The normalized spacial score (nSPS) is 10.5. The van der Waals surface area contributed by atoms with Crippen LogP contribution in [-0.4, -0.2) is 20.6 Å². The molecule has 0 unspecified atom stereocenters. The van der Waals surface area contributed by atoms with E-state index in [2.05, 4.69) is 10.3 Å². The van der Waals surface area contributed by atoms with Gasteiger partial charge in [-0.1, -0.05) is 41.4 Å². The molecule has 1 aromatic heterocycles. The highest BCUT2D eigenvalue weighted by molar-refractivity contribution is 6.30. The molecule has 0 aliphatic heterocycles. The first kappa shape index (κ1) is 16.0. The second-order valence-corrected chi connectivity index (χ2v) is 5.32. The van der Waals surface area contributed by atoms with Crippen molar-refractivity contribution in [3.8, 4) is 0 Å². The lowest BCUT2D eigenvalue weighted by atomic mass is 10.1. The molecule has 1 aromatic carbocycles. The van der Waals surface area contributed by atoms with Gasteiger partial charge in [-0.25, -0.2) is 4.98 Å². The Hall–Kier alpha value is -2.34. The molecule has 2 rings (SSSR count). The van der Waals surface area contributed by atoms with Crippen molar-refractivity contribution < 1.29 is 9.90 Å². The largest absolute Gasteiger partial charge is 0.480 e. The average Bonchev–Trinajstić information content (AvgIpc) is 2.47. The van der Waals surface area contributed by atoms with Crippen molar-refractivity contribution in [2.24, 2.45) is 0 Å². The zero-order valence-corrected chi connectivity index (χ0v) is 13.0. The first-order valence-electron chi connectivity index (χ1n) is 6.66. The lowest BCUT2D eigenvalue weighted by Gasteiger charge is -2.12. The van der Waals surface area contributed by atoms with E-state index in [4.69, 9.17) is 16.7 Å². The lowest BCUT2D eigenvalue weighted by molar-refractivity contribution is -0.137. The molecule has 116 valence electrons. The minimum Gasteiger partial charge on any atom is -0.480 e. The molecule has 7 heteroatoms. The van der Waals surface area contributed by atoms with Crippen molar-refractivity contribution in [3.63, 3.8) is 0 Å². The number of nitrogens with one attached hydrogen (secondary N) is 1. The summed E-state index contributed by atoms with van der Waals surface area (Å²) in [6.45, 7) is 3.49. The van der Waals surface area contributed by atoms with Gasteiger partial charge in [0.05, 0.1) is 5.69 Å². The van der Waals surface area contributed by atoms with Crippen LogP contribution in [0.1, 0.15) is 16.8 Å². The van der Waals surface area contributed by atoms with Crippen LogP contribution >= 0.6 is 11.6 Å². The third-order valence-corrected chi connectivity index (χ3v) is 3.59. The molecule has 0 atom stereocenters. The molecule has 22 heavy (non-hydrogen) atoms. The average molecular weight is 322 g/mol. The minimum absolute atomic E-state index is 0.0393. The Kier molecular flexibility index (Phi) is 4.82. The van der Waals surface area contributed by atoms with Crippen molar-refractivity contribution >= 4 is 23.4 Å². The van der Waals surface area contributed by atoms with Crippen LogP contribution in [0, 0.1) is 13.8 Å². The summed E-state index contributed by atoms with van der Waals surface area (Å²) in [5.74, 6) is -1.07. The van der Waals surface area contributed by atoms with Gasteiger partial charge in [0.1, 0.15) is 6.54 Å². The fraction of sp³-hybridized carbons (Fsp3) is 0.267. The van der Waals surface area contributed by atoms with Crippen LogP contribution in [-0.2, 0) is 17.9 Å². The molecule has 0 bridgehead atoms. The van der Waals surface area contributed by atoms with Crippen molar-refractivity contribution in [1.29, 1.82) is 0 Å². The van der Waals surface area contributed by atoms with Crippen molar-refractivity contribution in [1.82, 2.24) is 9.55 Å². The number of carbonyl (C=O) groups is 1. The number of carboxylic acids is 1. The maximum absolute atomic E-state index is 12.3. The molecular formula is C15H16ClN3O3. The third-order valence-electron chi connectivity index (χ3n) is 3.24. The summed E-state index contributed by atoms with van der Waals surface area (Å²) in [7, 11) is 0. The van der Waals surface area contributed by atoms with E-state index in [1.807, 2.05) is 31.2 Å². The third kappa shape index (κ3) is 3.65. The Morgan fingerprint density at radius 2 is 1.95 bits per heavy atom. The molecule has 2 N–H and O–H groups in total. The molecule has 0 spiro atoms. The van der Waals surface area contributed by atoms with Crippen LogP contribution in [0.5, 0.6) is 0 Å². The van der Waals surface area contributed by atoms with E-state index in [-0.39, 0.29) is 11.0 Å². The SMILES string of the molecule is Cc1ccc(CNc2nc(Cl)c(C)n(CC(=O)O)c2=O)cc1. The molecule has 0 saturated carbocycles. The number of anilines is 1. The molecule has 0 radical (unpaired) electrons. The molecule has 0 aliphatic carbocycles. The highest BCUT2D eigenvalue weighted by Gasteiger charge is 2.14. The predicted octanol–water partition coefficient (Wildman–Crippen LogP) is 2.21. The van der Waals surface area contributed by atoms with Crippen LogP contribution in [0.4, 0.5) is 5.82 Å². The molecule has 0 aliphatic rings. The smallest absolute Gasteiger partial charge is 0.323 e. The number of benzene rings is 1. The zero-order chi connectivity index (χ0) is 16.3. The van der Waals surface area contributed by atoms with E-state index >= 15 is 0 Å². The van der Waals surface area contributed by atoms with Gasteiger partial charge in [-0.05, 0) is 19.4 Å². The Balaban J connectivity index is 2.27. The number of aliphatic carboxylic acids is 1. The Morgan fingerprint density at radius 1 is 1.32 bits per heavy atom. The van der Waals surface area contributed by atoms with E-state index in [0.29, 0.717) is 12.2 Å². The number of aromatic nitrogens is 2. The van der Waals surface area contributed by atoms with Gasteiger partial charge in [0.25, 0.3) is 5.56 Å². The number of hydrogen-bond donors (Lipinski definition) is 2. The zero-order valence-electron chi connectivity index (χ0n) is 12.3. The number of carboxylic acid groups (broad SMARTS) is 1. The van der Waals surface area contributed by atoms with Crippen molar-refractivity contribution in [2.75, 3.05) is 5.32 Å². The van der Waals surface area contributed by atoms with Crippen molar-refractivity contribution in [2.45, 2.75) is 26.9 Å². The van der Waals surface area contributed by atoms with Crippen LogP contribution < -0.4 is 10.9 Å². The summed E-state index contributed by atoms with van der Waals surface area (Å²) in [5, 5.41) is 11.9. The first-order chi connectivity index (χ1) is 10.4. The van der Waals surface area contributed by atoms with Gasteiger partial charge in [-0.2, -0.15) is 0 Å².